The number of hydrogen-bond donors (Lipinski definition) is 0. The number of hydrogen-bond acceptors (Lipinski definition) is 0. The summed E-state index contributed by atoms with van der Waals surface area (Å²) in [4.78, 5) is 0. The quantitative estimate of drug-likeness (QED) is 0.330. The maximum atomic E-state index is 9.73. The van der Waals surface area contributed by atoms with Crippen molar-refractivity contribution in [3.05, 3.63) is 121 Å². The second-order valence-corrected chi connectivity index (χ2v) is 10.00. The SMILES string of the molecule is FP(F)F.c1ccc([P+](c2ccccc2)(c2ccccc2)c2ccccc2)cc1. The van der Waals surface area contributed by atoms with Gasteiger partial charge in [-0.2, -0.15) is 12.6 Å². The van der Waals surface area contributed by atoms with Crippen molar-refractivity contribution in [2.24, 2.45) is 0 Å². The van der Waals surface area contributed by atoms with E-state index in [-0.39, 0.29) is 0 Å². The van der Waals surface area contributed by atoms with Gasteiger partial charge in [-0.15, -0.1) is 0 Å². The summed E-state index contributed by atoms with van der Waals surface area (Å²) in [5.74, 6) is 0. The smallest absolute Gasteiger partial charge is 0.152 e. The molecule has 0 aliphatic carbocycles. The standard InChI is InChI=1S/C24H20P.F3P/c1-5-13-21(14-6-1)25(22-15-7-2-8-16-22,23-17-9-3-10-18-23)24-19-11-4-12-20-24;1-4(2)3/h1-20H;/q+1;. The normalized spacial score (nSPS) is 10.9. The summed E-state index contributed by atoms with van der Waals surface area (Å²) in [6, 6.07) is 43.8. The average Bonchev–Trinajstić information content (AvgIpc) is 2.77. The molecular weight excluding hydrogens is 407 g/mol. The van der Waals surface area contributed by atoms with Gasteiger partial charge in [0.15, 0.2) is 0 Å². The predicted octanol–water partition coefficient (Wildman–Crippen LogP) is 6.43. The van der Waals surface area contributed by atoms with Gasteiger partial charge in [0.2, 0.25) is 0 Å². The zero-order chi connectivity index (χ0) is 20.5. The van der Waals surface area contributed by atoms with Crippen molar-refractivity contribution in [2.45, 2.75) is 0 Å². The van der Waals surface area contributed by atoms with E-state index in [1.54, 1.807) is 0 Å². The van der Waals surface area contributed by atoms with Gasteiger partial charge in [0.1, 0.15) is 28.5 Å². The summed E-state index contributed by atoms with van der Waals surface area (Å²) < 4.78 is 29.2. The lowest BCUT2D eigenvalue weighted by atomic mass is 10.3. The van der Waals surface area contributed by atoms with Crippen LogP contribution >= 0.6 is 16.1 Å². The maximum absolute atomic E-state index is 9.73. The fraction of sp³-hybridized carbons (Fsp3) is 0. The predicted molar refractivity (Wildman–Crippen MR) is 121 cm³/mol. The minimum Gasteiger partial charge on any atom is -0.152 e. The van der Waals surface area contributed by atoms with Crippen LogP contribution in [0.1, 0.15) is 0 Å². The molecule has 4 aromatic rings. The molecule has 0 nitrogen and oxygen atoms in total. The average molecular weight is 427 g/mol. The summed E-state index contributed by atoms with van der Waals surface area (Å²) >= 11 is 0. The highest BCUT2D eigenvalue weighted by Gasteiger charge is 2.47. The molecule has 5 heteroatoms. The van der Waals surface area contributed by atoms with Gasteiger partial charge in [-0.25, -0.2) is 0 Å². The number of rotatable bonds is 4. The van der Waals surface area contributed by atoms with E-state index >= 15 is 0 Å². The van der Waals surface area contributed by atoms with Gasteiger partial charge in [0, 0.05) is 0 Å². The van der Waals surface area contributed by atoms with Gasteiger partial charge in [-0.05, 0) is 48.5 Å². The Morgan fingerprint density at radius 3 is 0.724 bits per heavy atom. The molecule has 146 valence electrons. The first kappa shape index (κ1) is 21.2. The van der Waals surface area contributed by atoms with Gasteiger partial charge >= 0.3 is 8.85 Å². The van der Waals surface area contributed by atoms with Crippen molar-refractivity contribution in [2.75, 3.05) is 0 Å². The third-order valence-electron chi connectivity index (χ3n) is 4.57. The Kier molecular flexibility index (Phi) is 7.58. The molecule has 0 bridgehead atoms. The third-order valence-corrected chi connectivity index (χ3v) is 8.86. The molecule has 0 saturated carbocycles. The van der Waals surface area contributed by atoms with Crippen LogP contribution in [0, 0.1) is 0 Å². The highest BCUT2D eigenvalue weighted by molar-refractivity contribution is 8.01. The van der Waals surface area contributed by atoms with Crippen molar-refractivity contribution in [3.8, 4) is 0 Å². The lowest BCUT2D eigenvalue weighted by Gasteiger charge is -2.27. The van der Waals surface area contributed by atoms with Crippen LogP contribution in [0.3, 0.4) is 0 Å². The zero-order valence-electron chi connectivity index (χ0n) is 15.6. The first-order valence-electron chi connectivity index (χ1n) is 9.04. The molecule has 0 atom stereocenters. The minimum atomic E-state index is -4.12. The Bertz CT molecular complexity index is 813. The van der Waals surface area contributed by atoms with Crippen LogP contribution in [0.25, 0.3) is 0 Å². The van der Waals surface area contributed by atoms with E-state index in [4.69, 9.17) is 0 Å². The molecule has 0 aliphatic heterocycles. The zero-order valence-corrected chi connectivity index (χ0v) is 17.4. The van der Waals surface area contributed by atoms with Crippen LogP contribution < -0.4 is 21.2 Å². The molecule has 4 aromatic carbocycles. The fourth-order valence-corrected chi connectivity index (χ4v) is 7.77. The molecule has 0 unspecified atom stereocenters. The summed E-state index contributed by atoms with van der Waals surface area (Å²) in [7, 11) is -6.03. The van der Waals surface area contributed by atoms with Crippen molar-refractivity contribution in [3.63, 3.8) is 0 Å². The van der Waals surface area contributed by atoms with Crippen LogP contribution in [0.5, 0.6) is 0 Å². The van der Waals surface area contributed by atoms with Crippen LogP contribution in [0.15, 0.2) is 121 Å². The van der Waals surface area contributed by atoms with Crippen LogP contribution in [0.4, 0.5) is 12.6 Å². The molecule has 4 rings (SSSR count). The van der Waals surface area contributed by atoms with Crippen molar-refractivity contribution >= 4 is 37.3 Å². The summed E-state index contributed by atoms with van der Waals surface area (Å²) in [5.41, 5.74) is 0. The summed E-state index contributed by atoms with van der Waals surface area (Å²) in [6.45, 7) is 0. The van der Waals surface area contributed by atoms with E-state index in [0.29, 0.717) is 0 Å². The molecule has 0 saturated heterocycles. The third kappa shape index (κ3) is 4.93. The molecule has 0 radical (unpaired) electrons. The fourth-order valence-electron chi connectivity index (χ4n) is 3.50. The van der Waals surface area contributed by atoms with Crippen molar-refractivity contribution < 1.29 is 12.6 Å². The lowest BCUT2D eigenvalue weighted by Crippen LogP contribution is -2.38. The first-order valence-corrected chi connectivity index (χ1v) is 11.8. The van der Waals surface area contributed by atoms with E-state index in [1.807, 2.05) is 0 Å². The largest absolute Gasteiger partial charge is 0.456 e. The molecule has 0 spiro atoms. The van der Waals surface area contributed by atoms with E-state index in [9.17, 15) is 12.6 Å². The number of halogens is 3. The second kappa shape index (κ2) is 10.3. The molecule has 0 amide bonds. The molecule has 0 heterocycles. The molecule has 29 heavy (non-hydrogen) atoms. The molecule has 0 aromatic heterocycles. The van der Waals surface area contributed by atoms with Crippen molar-refractivity contribution in [1.82, 2.24) is 0 Å². The van der Waals surface area contributed by atoms with E-state index in [2.05, 4.69) is 121 Å². The molecule has 0 N–H and O–H groups in total. The van der Waals surface area contributed by atoms with E-state index < -0.39 is 16.1 Å². The Morgan fingerprint density at radius 1 is 0.379 bits per heavy atom. The molecule has 0 aliphatic rings. The van der Waals surface area contributed by atoms with Gasteiger partial charge in [-0.3, -0.25) is 0 Å². The Morgan fingerprint density at radius 2 is 0.552 bits per heavy atom. The van der Waals surface area contributed by atoms with Crippen LogP contribution in [-0.2, 0) is 0 Å². The maximum Gasteiger partial charge on any atom is 0.456 e. The van der Waals surface area contributed by atoms with Gasteiger partial charge in [0.25, 0.3) is 0 Å². The molecular formula is C24H20F3P2+. The molecule has 0 fully saturated rings. The van der Waals surface area contributed by atoms with Crippen molar-refractivity contribution in [1.29, 1.82) is 0 Å². The van der Waals surface area contributed by atoms with E-state index in [0.717, 1.165) is 0 Å². The monoisotopic (exact) mass is 427 g/mol. The summed E-state index contributed by atoms with van der Waals surface area (Å²) in [5, 5.41) is 5.55. The highest BCUT2D eigenvalue weighted by atomic mass is 31.2. The Labute approximate surface area is 171 Å². The number of benzene rings is 4. The summed E-state index contributed by atoms with van der Waals surface area (Å²) in [6.07, 6.45) is 0. The Balaban J connectivity index is 0.000000552. The van der Waals surface area contributed by atoms with Crippen LogP contribution in [0.2, 0.25) is 0 Å². The second-order valence-electron chi connectivity index (χ2n) is 6.20. The highest BCUT2D eigenvalue weighted by Crippen LogP contribution is 2.53. The lowest BCUT2D eigenvalue weighted by molar-refractivity contribution is 0.633. The minimum absolute atomic E-state index is 1.39. The van der Waals surface area contributed by atoms with E-state index in [1.165, 1.54) is 21.2 Å². The Hall–Kier alpha value is -2.47. The topological polar surface area (TPSA) is 0 Å². The van der Waals surface area contributed by atoms with Crippen LogP contribution in [-0.4, -0.2) is 0 Å². The van der Waals surface area contributed by atoms with Gasteiger partial charge < -0.3 is 0 Å². The van der Waals surface area contributed by atoms with Gasteiger partial charge in [-0.1, -0.05) is 72.8 Å². The first-order chi connectivity index (χ1) is 14.2. The van der Waals surface area contributed by atoms with Gasteiger partial charge in [0.05, 0.1) is 0 Å².